The highest BCUT2D eigenvalue weighted by Gasteiger charge is 1.96. The molecule has 0 aliphatic heterocycles. The van der Waals surface area contributed by atoms with Gasteiger partial charge in [0.2, 0.25) is 0 Å². The van der Waals surface area contributed by atoms with Gasteiger partial charge in [-0.1, -0.05) is 12.1 Å². The zero-order chi connectivity index (χ0) is 10.4. The van der Waals surface area contributed by atoms with Crippen molar-refractivity contribution in [1.29, 1.82) is 0 Å². The molecule has 1 rings (SSSR count). The highest BCUT2D eigenvalue weighted by Crippen LogP contribution is 2.16. The van der Waals surface area contributed by atoms with Crippen molar-refractivity contribution in [2.45, 2.75) is 26.7 Å². The van der Waals surface area contributed by atoms with E-state index in [-0.39, 0.29) is 0 Å². The molecule has 0 amide bonds. The van der Waals surface area contributed by atoms with Crippen LogP contribution in [0.4, 0.5) is 5.69 Å². The maximum absolute atomic E-state index is 5.43. The molecule has 14 heavy (non-hydrogen) atoms. The van der Waals surface area contributed by atoms with E-state index >= 15 is 0 Å². The zero-order valence-corrected chi connectivity index (χ0v) is 9.14. The van der Waals surface area contributed by atoms with Gasteiger partial charge in [-0.2, -0.15) is 0 Å². The predicted molar refractivity (Wildman–Crippen MR) is 62.7 cm³/mol. The van der Waals surface area contributed by atoms with Crippen molar-refractivity contribution in [1.82, 2.24) is 0 Å². The van der Waals surface area contributed by atoms with Gasteiger partial charge in [-0.3, -0.25) is 0 Å². The summed E-state index contributed by atoms with van der Waals surface area (Å²) < 4.78 is 0. The smallest absolute Gasteiger partial charge is 0.0372 e. The lowest BCUT2D eigenvalue weighted by molar-refractivity contribution is 0.774. The topological polar surface area (TPSA) is 38.0 Å². The maximum Gasteiger partial charge on any atom is 0.0372 e. The van der Waals surface area contributed by atoms with Crippen LogP contribution in [-0.4, -0.2) is 13.1 Å². The third kappa shape index (κ3) is 3.38. The fourth-order valence-electron chi connectivity index (χ4n) is 1.42. The summed E-state index contributed by atoms with van der Waals surface area (Å²) in [5, 5.41) is 3.43. The molecular formula is C12H20N2. The number of unbranched alkanes of at least 4 members (excludes halogenated alkanes) is 1. The van der Waals surface area contributed by atoms with Crippen LogP contribution in [0.15, 0.2) is 18.2 Å². The summed E-state index contributed by atoms with van der Waals surface area (Å²) in [6, 6.07) is 6.48. The normalized spacial score (nSPS) is 10.2. The van der Waals surface area contributed by atoms with Crippen molar-refractivity contribution in [3.63, 3.8) is 0 Å². The monoisotopic (exact) mass is 192 g/mol. The lowest BCUT2D eigenvalue weighted by Gasteiger charge is -2.09. The molecule has 0 saturated heterocycles. The van der Waals surface area contributed by atoms with E-state index in [0.29, 0.717) is 0 Å². The molecule has 0 aliphatic rings. The summed E-state index contributed by atoms with van der Waals surface area (Å²) in [5.41, 5.74) is 9.30. The molecule has 0 bridgehead atoms. The molecule has 0 fully saturated rings. The van der Waals surface area contributed by atoms with Crippen LogP contribution < -0.4 is 11.1 Å². The minimum atomic E-state index is 0.786. The van der Waals surface area contributed by atoms with E-state index in [1.807, 2.05) is 0 Å². The van der Waals surface area contributed by atoms with Crippen LogP contribution in [0.3, 0.4) is 0 Å². The van der Waals surface area contributed by atoms with Crippen molar-refractivity contribution in [3.05, 3.63) is 29.3 Å². The molecule has 0 radical (unpaired) electrons. The van der Waals surface area contributed by atoms with Crippen LogP contribution in [-0.2, 0) is 0 Å². The highest BCUT2D eigenvalue weighted by atomic mass is 14.9. The number of hydrogen-bond donors (Lipinski definition) is 2. The van der Waals surface area contributed by atoms with Gasteiger partial charge in [0.25, 0.3) is 0 Å². The van der Waals surface area contributed by atoms with Crippen molar-refractivity contribution in [2.24, 2.45) is 5.73 Å². The molecule has 0 unspecified atom stereocenters. The predicted octanol–water partition coefficient (Wildman–Crippen LogP) is 2.45. The second kappa shape index (κ2) is 5.66. The van der Waals surface area contributed by atoms with E-state index in [1.54, 1.807) is 0 Å². The largest absolute Gasteiger partial charge is 0.385 e. The van der Waals surface area contributed by atoms with E-state index < -0.39 is 0 Å². The Bertz CT molecular complexity index is 282. The van der Waals surface area contributed by atoms with Gasteiger partial charge in [0.1, 0.15) is 0 Å². The van der Waals surface area contributed by atoms with E-state index in [4.69, 9.17) is 5.73 Å². The molecule has 0 aromatic heterocycles. The van der Waals surface area contributed by atoms with Gasteiger partial charge in [-0.15, -0.1) is 0 Å². The summed E-state index contributed by atoms with van der Waals surface area (Å²) in [6.45, 7) is 6.05. The van der Waals surface area contributed by atoms with E-state index in [0.717, 1.165) is 25.9 Å². The van der Waals surface area contributed by atoms with Crippen LogP contribution in [0, 0.1) is 13.8 Å². The molecule has 2 nitrogen and oxygen atoms in total. The fourth-order valence-corrected chi connectivity index (χ4v) is 1.42. The number of aryl methyl sites for hydroxylation is 2. The Kier molecular flexibility index (Phi) is 4.47. The van der Waals surface area contributed by atoms with Crippen LogP contribution in [0.1, 0.15) is 24.0 Å². The SMILES string of the molecule is Cc1ccc(C)c(NCCCCN)c1. The Labute approximate surface area is 86.5 Å². The van der Waals surface area contributed by atoms with E-state index in [1.165, 1.54) is 16.8 Å². The Balaban J connectivity index is 2.45. The molecule has 0 saturated carbocycles. The number of anilines is 1. The van der Waals surface area contributed by atoms with Crippen molar-refractivity contribution < 1.29 is 0 Å². The van der Waals surface area contributed by atoms with Crippen molar-refractivity contribution >= 4 is 5.69 Å². The second-order valence-corrected chi connectivity index (χ2v) is 3.74. The first-order valence-electron chi connectivity index (χ1n) is 5.25. The molecule has 1 aromatic rings. The minimum absolute atomic E-state index is 0.786. The fraction of sp³-hybridized carbons (Fsp3) is 0.500. The summed E-state index contributed by atoms with van der Waals surface area (Å²) in [4.78, 5) is 0. The second-order valence-electron chi connectivity index (χ2n) is 3.74. The van der Waals surface area contributed by atoms with Gasteiger partial charge in [0, 0.05) is 12.2 Å². The number of benzene rings is 1. The number of rotatable bonds is 5. The lowest BCUT2D eigenvalue weighted by Crippen LogP contribution is -2.06. The van der Waals surface area contributed by atoms with Gasteiger partial charge >= 0.3 is 0 Å². The molecule has 0 atom stereocenters. The zero-order valence-electron chi connectivity index (χ0n) is 9.14. The standard InChI is InChI=1S/C12H20N2/c1-10-5-6-11(2)12(9-10)14-8-4-3-7-13/h5-6,9,14H,3-4,7-8,13H2,1-2H3. The van der Waals surface area contributed by atoms with Gasteiger partial charge in [0.15, 0.2) is 0 Å². The lowest BCUT2D eigenvalue weighted by atomic mass is 10.1. The summed E-state index contributed by atoms with van der Waals surface area (Å²) in [7, 11) is 0. The average Bonchev–Trinajstić information content (AvgIpc) is 2.18. The van der Waals surface area contributed by atoms with E-state index in [9.17, 15) is 0 Å². The summed E-state index contributed by atoms with van der Waals surface area (Å²) >= 11 is 0. The minimum Gasteiger partial charge on any atom is -0.385 e. The Morgan fingerprint density at radius 1 is 1.21 bits per heavy atom. The molecular weight excluding hydrogens is 172 g/mol. The number of nitrogens with one attached hydrogen (secondary N) is 1. The van der Waals surface area contributed by atoms with Crippen LogP contribution in [0.2, 0.25) is 0 Å². The first-order chi connectivity index (χ1) is 6.74. The van der Waals surface area contributed by atoms with Crippen LogP contribution in [0.5, 0.6) is 0 Å². The van der Waals surface area contributed by atoms with Crippen molar-refractivity contribution in [3.8, 4) is 0 Å². The molecule has 0 aliphatic carbocycles. The van der Waals surface area contributed by atoms with Gasteiger partial charge in [-0.05, 0) is 50.4 Å². The van der Waals surface area contributed by atoms with Gasteiger partial charge in [0.05, 0.1) is 0 Å². The maximum atomic E-state index is 5.43. The highest BCUT2D eigenvalue weighted by molar-refractivity contribution is 5.52. The van der Waals surface area contributed by atoms with Crippen LogP contribution in [0.25, 0.3) is 0 Å². The first kappa shape index (κ1) is 11.1. The molecule has 0 heterocycles. The van der Waals surface area contributed by atoms with Crippen LogP contribution >= 0.6 is 0 Å². The first-order valence-corrected chi connectivity index (χ1v) is 5.25. The molecule has 0 spiro atoms. The number of hydrogen-bond acceptors (Lipinski definition) is 2. The van der Waals surface area contributed by atoms with Gasteiger partial charge in [-0.25, -0.2) is 0 Å². The molecule has 78 valence electrons. The van der Waals surface area contributed by atoms with Gasteiger partial charge < -0.3 is 11.1 Å². The average molecular weight is 192 g/mol. The Morgan fingerprint density at radius 2 is 2.00 bits per heavy atom. The molecule has 1 aromatic carbocycles. The molecule has 3 N–H and O–H groups in total. The third-order valence-corrected chi connectivity index (χ3v) is 2.34. The Morgan fingerprint density at radius 3 is 2.71 bits per heavy atom. The van der Waals surface area contributed by atoms with Crippen molar-refractivity contribution in [2.75, 3.05) is 18.4 Å². The number of nitrogens with two attached hydrogens (primary N) is 1. The quantitative estimate of drug-likeness (QED) is 0.703. The summed E-state index contributed by atoms with van der Waals surface area (Å²) in [6.07, 6.45) is 2.24. The van der Waals surface area contributed by atoms with E-state index in [2.05, 4.69) is 37.4 Å². The molecule has 2 heteroatoms. The Hall–Kier alpha value is -1.02. The third-order valence-electron chi connectivity index (χ3n) is 2.34. The summed E-state index contributed by atoms with van der Waals surface area (Å²) in [5.74, 6) is 0.